The third kappa shape index (κ3) is 4.32. The van der Waals surface area contributed by atoms with E-state index in [4.69, 9.17) is 21.1 Å². The second kappa shape index (κ2) is 7.35. The first-order chi connectivity index (χ1) is 13.1. The van der Waals surface area contributed by atoms with Crippen molar-refractivity contribution in [1.82, 2.24) is 9.97 Å². The van der Waals surface area contributed by atoms with Gasteiger partial charge in [0, 0.05) is 5.56 Å². The molecule has 1 aromatic carbocycles. The highest BCUT2D eigenvalue weighted by Crippen LogP contribution is 2.28. The molecule has 0 fully saturated rings. The Labute approximate surface area is 159 Å². The Morgan fingerprint density at radius 3 is 2.61 bits per heavy atom. The number of H-pyrrole nitrogens is 1. The van der Waals surface area contributed by atoms with Crippen LogP contribution in [0.4, 0.5) is 13.2 Å². The van der Waals surface area contributed by atoms with Gasteiger partial charge < -0.3 is 14.5 Å². The summed E-state index contributed by atoms with van der Waals surface area (Å²) in [6, 6.07) is 8.09. The van der Waals surface area contributed by atoms with Gasteiger partial charge in [0.05, 0.1) is 16.3 Å². The number of carbonyl (C=O) groups is 1. The highest BCUT2D eigenvalue weighted by atomic mass is 35.5. The molecule has 0 saturated heterocycles. The van der Waals surface area contributed by atoms with Crippen LogP contribution in [0.3, 0.4) is 0 Å². The third-order valence-electron chi connectivity index (χ3n) is 3.60. The predicted molar refractivity (Wildman–Crippen MR) is 94.9 cm³/mol. The van der Waals surface area contributed by atoms with Crippen LogP contribution in [-0.4, -0.2) is 21.0 Å². The summed E-state index contributed by atoms with van der Waals surface area (Å²) in [5, 5.41) is 9.19. The average Bonchev–Trinajstić information content (AvgIpc) is 3.08. The Bertz CT molecular complexity index is 1130. The van der Waals surface area contributed by atoms with Crippen molar-refractivity contribution >= 4 is 29.7 Å². The summed E-state index contributed by atoms with van der Waals surface area (Å²) < 4.78 is 43.7. The van der Waals surface area contributed by atoms with E-state index in [2.05, 4.69) is 4.98 Å². The van der Waals surface area contributed by atoms with Crippen molar-refractivity contribution in [2.75, 3.05) is 0 Å². The number of carboxylic acid groups (broad SMARTS) is 1. The molecule has 0 saturated carbocycles. The first kappa shape index (κ1) is 19.4. The summed E-state index contributed by atoms with van der Waals surface area (Å²) in [7, 11) is 0. The van der Waals surface area contributed by atoms with Gasteiger partial charge in [0.1, 0.15) is 17.2 Å². The van der Waals surface area contributed by atoms with Crippen molar-refractivity contribution in [3.8, 4) is 11.3 Å². The molecule has 28 heavy (non-hydrogen) atoms. The van der Waals surface area contributed by atoms with Crippen LogP contribution in [0.25, 0.3) is 23.5 Å². The van der Waals surface area contributed by atoms with Crippen molar-refractivity contribution in [2.24, 2.45) is 0 Å². The summed E-state index contributed by atoms with van der Waals surface area (Å²) in [5.41, 5.74) is -2.18. The van der Waals surface area contributed by atoms with Gasteiger partial charge in [-0.1, -0.05) is 11.6 Å². The summed E-state index contributed by atoms with van der Waals surface area (Å²) in [6.45, 7) is 0. The third-order valence-corrected chi connectivity index (χ3v) is 3.93. The highest BCUT2D eigenvalue weighted by molar-refractivity contribution is 6.33. The van der Waals surface area contributed by atoms with Crippen LogP contribution in [0.1, 0.15) is 27.5 Å². The SMILES string of the molecule is O=C(O)c1cc(-c2ccc(/C=C/c3cc(C(F)(F)F)[nH]c(=O)n3)o2)ccc1Cl. The fourth-order valence-electron chi connectivity index (χ4n) is 2.32. The van der Waals surface area contributed by atoms with Crippen LogP contribution in [0.15, 0.2) is 45.6 Å². The van der Waals surface area contributed by atoms with E-state index in [0.29, 0.717) is 17.4 Å². The molecule has 0 unspecified atom stereocenters. The number of nitrogens with zero attached hydrogens (tertiary/aromatic N) is 1. The van der Waals surface area contributed by atoms with E-state index in [1.807, 2.05) is 0 Å². The summed E-state index contributed by atoms with van der Waals surface area (Å²) >= 11 is 5.82. The quantitative estimate of drug-likeness (QED) is 0.656. The lowest BCUT2D eigenvalue weighted by Crippen LogP contribution is -2.19. The van der Waals surface area contributed by atoms with Gasteiger partial charge in [0.2, 0.25) is 0 Å². The molecule has 0 amide bonds. The van der Waals surface area contributed by atoms with E-state index < -0.39 is 23.5 Å². The van der Waals surface area contributed by atoms with E-state index in [1.54, 1.807) is 17.1 Å². The molecule has 3 aromatic rings. The number of aromatic carboxylic acids is 1. The molecule has 0 aliphatic carbocycles. The summed E-state index contributed by atoms with van der Waals surface area (Å²) in [6.07, 6.45) is -2.18. The number of aromatic amines is 1. The van der Waals surface area contributed by atoms with E-state index in [0.717, 1.165) is 0 Å². The van der Waals surface area contributed by atoms with Gasteiger partial charge in [-0.3, -0.25) is 0 Å². The minimum Gasteiger partial charge on any atom is -0.478 e. The van der Waals surface area contributed by atoms with Crippen LogP contribution < -0.4 is 5.69 Å². The summed E-state index contributed by atoms with van der Waals surface area (Å²) in [4.78, 5) is 27.5. The van der Waals surface area contributed by atoms with E-state index >= 15 is 0 Å². The second-order valence-corrected chi connectivity index (χ2v) is 5.96. The lowest BCUT2D eigenvalue weighted by Gasteiger charge is -2.05. The molecule has 2 aromatic heterocycles. The van der Waals surface area contributed by atoms with Crippen molar-refractivity contribution in [3.63, 3.8) is 0 Å². The number of carboxylic acids is 1. The molecule has 2 N–H and O–H groups in total. The molecular weight excluding hydrogens is 401 g/mol. The first-order valence-electron chi connectivity index (χ1n) is 7.63. The number of alkyl halides is 3. The zero-order valence-electron chi connectivity index (χ0n) is 13.7. The van der Waals surface area contributed by atoms with Gasteiger partial charge in [-0.05, 0) is 48.6 Å². The Hall–Kier alpha value is -3.33. The maximum atomic E-state index is 12.7. The van der Waals surface area contributed by atoms with Gasteiger partial charge >= 0.3 is 17.8 Å². The number of hydrogen-bond donors (Lipinski definition) is 2. The predicted octanol–water partition coefficient (Wildman–Crippen LogP) is 4.57. The second-order valence-electron chi connectivity index (χ2n) is 5.56. The molecular formula is C18H10ClF3N2O4. The van der Waals surface area contributed by atoms with Gasteiger partial charge in [-0.25, -0.2) is 9.59 Å². The topological polar surface area (TPSA) is 96.2 Å². The minimum absolute atomic E-state index is 0.0729. The lowest BCUT2D eigenvalue weighted by molar-refractivity contribution is -0.141. The first-order valence-corrected chi connectivity index (χ1v) is 8.01. The number of nitrogens with one attached hydrogen (secondary N) is 1. The largest absolute Gasteiger partial charge is 0.478 e. The molecule has 0 bridgehead atoms. The molecule has 0 radical (unpaired) electrons. The normalized spacial score (nSPS) is 11.9. The molecule has 6 nitrogen and oxygen atoms in total. The lowest BCUT2D eigenvalue weighted by atomic mass is 10.1. The van der Waals surface area contributed by atoms with Gasteiger partial charge in [0.25, 0.3) is 0 Å². The number of furan rings is 1. The van der Waals surface area contributed by atoms with Crippen LogP contribution in [0.5, 0.6) is 0 Å². The minimum atomic E-state index is -4.71. The Morgan fingerprint density at radius 2 is 1.93 bits per heavy atom. The van der Waals surface area contributed by atoms with Gasteiger partial charge in [-0.15, -0.1) is 0 Å². The molecule has 144 valence electrons. The highest BCUT2D eigenvalue weighted by Gasteiger charge is 2.32. The van der Waals surface area contributed by atoms with Gasteiger partial charge in [-0.2, -0.15) is 18.2 Å². The Morgan fingerprint density at radius 1 is 1.18 bits per heavy atom. The van der Waals surface area contributed by atoms with E-state index in [-0.39, 0.29) is 22.0 Å². The summed E-state index contributed by atoms with van der Waals surface area (Å²) in [5.74, 6) is -0.606. The Kier molecular flexibility index (Phi) is 5.10. The zero-order valence-corrected chi connectivity index (χ0v) is 14.5. The molecule has 10 heteroatoms. The standard InChI is InChI=1S/C18H10ClF3N2O4/c19-13-5-1-9(7-12(13)16(25)26)14-6-4-11(28-14)3-2-10-8-15(18(20,21)22)24-17(27)23-10/h1-8H,(H,25,26)(H,23,24,27)/b3-2+. The van der Waals surface area contributed by atoms with E-state index in [1.165, 1.54) is 30.4 Å². The fourth-order valence-corrected chi connectivity index (χ4v) is 2.52. The number of halogens is 4. The molecule has 3 rings (SSSR count). The maximum absolute atomic E-state index is 12.7. The van der Waals surface area contributed by atoms with Crippen molar-refractivity contribution in [2.45, 2.75) is 6.18 Å². The van der Waals surface area contributed by atoms with Gasteiger partial charge in [0.15, 0.2) is 0 Å². The van der Waals surface area contributed by atoms with Crippen LogP contribution in [0, 0.1) is 0 Å². The van der Waals surface area contributed by atoms with Crippen molar-refractivity contribution in [3.05, 3.63) is 74.6 Å². The van der Waals surface area contributed by atoms with Crippen LogP contribution in [-0.2, 0) is 6.18 Å². The average molecular weight is 411 g/mol. The monoisotopic (exact) mass is 410 g/mol. The van der Waals surface area contributed by atoms with Crippen molar-refractivity contribution in [1.29, 1.82) is 0 Å². The van der Waals surface area contributed by atoms with Crippen LogP contribution >= 0.6 is 11.6 Å². The van der Waals surface area contributed by atoms with E-state index in [9.17, 15) is 22.8 Å². The molecule has 0 aliphatic rings. The molecule has 0 aliphatic heterocycles. The molecule has 0 spiro atoms. The van der Waals surface area contributed by atoms with Crippen LogP contribution in [0.2, 0.25) is 5.02 Å². The zero-order chi connectivity index (χ0) is 20.5. The smallest absolute Gasteiger partial charge is 0.431 e. The number of benzene rings is 1. The molecule has 2 heterocycles. The number of aromatic nitrogens is 2. The maximum Gasteiger partial charge on any atom is 0.431 e. The Balaban J connectivity index is 1.88. The number of rotatable bonds is 4. The van der Waals surface area contributed by atoms with Crippen molar-refractivity contribution < 1.29 is 27.5 Å². The molecule has 0 atom stereocenters. The fraction of sp³-hybridized carbons (Fsp3) is 0.0556. The number of hydrogen-bond acceptors (Lipinski definition) is 4.